The minimum Gasteiger partial charge on any atom is -0.487 e. The summed E-state index contributed by atoms with van der Waals surface area (Å²) in [7, 11) is 1.82. The monoisotopic (exact) mass is 276 g/mol. The predicted octanol–water partition coefficient (Wildman–Crippen LogP) is 1.97. The smallest absolute Gasteiger partial charge is 0.236 e. The number of nitrogens with zero attached hydrogens (tertiary/aromatic N) is 1. The van der Waals surface area contributed by atoms with Crippen molar-refractivity contribution < 1.29 is 9.53 Å². The lowest BCUT2D eigenvalue weighted by Crippen LogP contribution is -2.35. The van der Waals surface area contributed by atoms with Gasteiger partial charge in [0.2, 0.25) is 5.91 Å². The Hall–Kier alpha value is -1.55. The van der Waals surface area contributed by atoms with Crippen molar-refractivity contribution in [2.24, 2.45) is 0 Å². The van der Waals surface area contributed by atoms with Crippen molar-refractivity contribution in [2.75, 3.05) is 20.1 Å². The van der Waals surface area contributed by atoms with Gasteiger partial charge in [-0.25, -0.2) is 0 Å². The average Bonchev–Trinajstić information content (AvgIpc) is 2.72. The van der Waals surface area contributed by atoms with E-state index >= 15 is 0 Å². The highest BCUT2D eigenvalue weighted by atomic mass is 16.5. The molecule has 0 radical (unpaired) electrons. The number of likely N-dealkylation sites (N-methyl/N-ethyl adjacent to an activating group) is 1. The second kappa shape index (κ2) is 5.83. The number of fused-ring (bicyclic) bond motifs is 1. The van der Waals surface area contributed by atoms with Crippen LogP contribution in [0.4, 0.5) is 0 Å². The molecular formula is C16H24N2O2. The van der Waals surface area contributed by atoms with Gasteiger partial charge in [0.15, 0.2) is 0 Å². The predicted molar refractivity (Wildman–Crippen MR) is 79.9 cm³/mol. The Labute approximate surface area is 121 Å². The Morgan fingerprint density at radius 2 is 2.20 bits per heavy atom. The van der Waals surface area contributed by atoms with Crippen molar-refractivity contribution in [3.63, 3.8) is 0 Å². The number of amides is 1. The number of carbonyl (C=O) groups is 1. The molecule has 1 aliphatic rings. The normalized spacial score (nSPS) is 15.6. The lowest BCUT2D eigenvalue weighted by Gasteiger charge is -2.18. The first-order chi connectivity index (χ1) is 9.43. The molecule has 20 heavy (non-hydrogen) atoms. The number of nitrogens with one attached hydrogen (secondary N) is 1. The molecule has 1 amide bonds. The van der Waals surface area contributed by atoms with E-state index in [0.29, 0.717) is 13.1 Å². The second-order valence-electron chi connectivity index (χ2n) is 5.96. The highest BCUT2D eigenvalue weighted by Crippen LogP contribution is 2.37. The molecule has 2 rings (SSSR count). The zero-order chi connectivity index (χ0) is 14.8. The number of carbonyl (C=O) groups excluding carboxylic acids is 1. The molecule has 4 heteroatoms. The molecule has 1 aliphatic heterocycles. The fourth-order valence-corrected chi connectivity index (χ4v) is 2.43. The van der Waals surface area contributed by atoms with Gasteiger partial charge in [0.25, 0.3) is 0 Å². The largest absolute Gasteiger partial charge is 0.487 e. The molecule has 1 N–H and O–H groups in total. The maximum Gasteiger partial charge on any atom is 0.236 e. The summed E-state index contributed by atoms with van der Waals surface area (Å²) in [5.41, 5.74) is 2.25. The number of hydrogen-bond donors (Lipinski definition) is 1. The van der Waals surface area contributed by atoms with Crippen molar-refractivity contribution in [3.05, 3.63) is 29.3 Å². The average molecular weight is 276 g/mol. The molecule has 0 aromatic heterocycles. The van der Waals surface area contributed by atoms with Crippen LogP contribution < -0.4 is 10.1 Å². The maximum atomic E-state index is 11.7. The Morgan fingerprint density at radius 3 is 2.90 bits per heavy atom. The highest BCUT2D eigenvalue weighted by Gasteiger charge is 2.31. The van der Waals surface area contributed by atoms with Gasteiger partial charge >= 0.3 is 0 Å². The zero-order valence-corrected chi connectivity index (χ0v) is 12.8. The third-order valence-corrected chi connectivity index (χ3v) is 3.66. The van der Waals surface area contributed by atoms with E-state index in [2.05, 4.69) is 37.4 Å². The van der Waals surface area contributed by atoms with E-state index in [1.54, 1.807) is 4.90 Å². The van der Waals surface area contributed by atoms with Crippen LogP contribution in [0, 0.1) is 0 Å². The molecule has 0 spiro atoms. The summed E-state index contributed by atoms with van der Waals surface area (Å²) in [6, 6.07) is 6.23. The summed E-state index contributed by atoms with van der Waals surface area (Å²) >= 11 is 0. The number of rotatable bonds is 5. The van der Waals surface area contributed by atoms with Crippen LogP contribution in [0.25, 0.3) is 0 Å². The highest BCUT2D eigenvalue weighted by molar-refractivity contribution is 5.77. The van der Waals surface area contributed by atoms with E-state index in [1.165, 1.54) is 5.56 Å². The van der Waals surface area contributed by atoms with Crippen LogP contribution in [0.5, 0.6) is 5.75 Å². The molecule has 0 saturated carbocycles. The first-order valence-corrected chi connectivity index (χ1v) is 7.17. The fraction of sp³-hybridized carbons (Fsp3) is 0.562. The Morgan fingerprint density at radius 1 is 1.45 bits per heavy atom. The molecule has 1 heterocycles. The first-order valence-electron chi connectivity index (χ1n) is 7.17. The van der Waals surface area contributed by atoms with Gasteiger partial charge in [-0.3, -0.25) is 4.79 Å². The molecule has 1 aromatic carbocycles. The van der Waals surface area contributed by atoms with Crippen LogP contribution in [0.3, 0.4) is 0 Å². The fourth-order valence-electron chi connectivity index (χ4n) is 2.43. The van der Waals surface area contributed by atoms with Crippen LogP contribution in [-0.4, -0.2) is 36.5 Å². The molecule has 0 fully saturated rings. The third kappa shape index (κ3) is 3.31. The molecule has 0 unspecified atom stereocenters. The van der Waals surface area contributed by atoms with Gasteiger partial charge in [-0.15, -0.1) is 0 Å². The van der Waals surface area contributed by atoms with Gasteiger partial charge < -0.3 is 15.0 Å². The van der Waals surface area contributed by atoms with E-state index < -0.39 is 0 Å². The molecule has 110 valence electrons. The van der Waals surface area contributed by atoms with Crippen molar-refractivity contribution in [2.45, 2.75) is 39.3 Å². The van der Waals surface area contributed by atoms with Gasteiger partial charge in [0, 0.05) is 32.1 Å². The number of benzene rings is 1. The summed E-state index contributed by atoms with van der Waals surface area (Å²) in [6.45, 7) is 7.92. The summed E-state index contributed by atoms with van der Waals surface area (Å²) in [4.78, 5) is 13.4. The van der Waals surface area contributed by atoms with E-state index in [9.17, 15) is 4.79 Å². The van der Waals surface area contributed by atoms with Gasteiger partial charge in [-0.1, -0.05) is 18.2 Å². The molecule has 0 aliphatic carbocycles. The van der Waals surface area contributed by atoms with Crippen LogP contribution >= 0.6 is 0 Å². The second-order valence-corrected chi connectivity index (χ2v) is 5.96. The van der Waals surface area contributed by atoms with Crippen molar-refractivity contribution in [1.82, 2.24) is 10.2 Å². The summed E-state index contributed by atoms with van der Waals surface area (Å²) in [6.07, 6.45) is 0.938. The van der Waals surface area contributed by atoms with Gasteiger partial charge in [-0.05, 0) is 26.3 Å². The molecular weight excluding hydrogens is 252 g/mol. The summed E-state index contributed by atoms with van der Waals surface area (Å²) in [5.74, 6) is 1.10. The Kier molecular flexibility index (Phi) is 4.33. The lowest BCUT2D eigenvalue weighted by molar-refractivity contribution is -0.128. The molecule has 1 aromatic rings. The van der Waals surface area contributed by atoms with Crippen LogP contribution in [0.1, 0.15) is 31.9 Å². The van der Waals surface area contributed by atoms with E-state index in [0.717, 1.165) is 24.3 Å². The number of hydrogen-bond acceptors (Lipinski definition) is 3. The minimum absolute atomic E-state index is 0.112. The van der Waals surface area contributed by atoms with Crippen LogP contribution in [0.2, 0.25) is 0 Å². The SMILES string of the molecule is CCN(C)C(=O)CNCc1cccc2c1OC(C)(C)C2. The van der Waals surface area contributed by atoms with E-state index in [1.807, 2.05) is 14.0 Å². The maximum absolute atomic E-state index is 11.7. The molecule has 0 saturated heterocycles. The van der Waals surface area contributed by atoms with E-state index in [4.69, 9.17) is 4.74 Å². The number of ether oxygens (including phenoxy) is 1. The number of para-hydroxylation sites is 1. The topological polar surface area (TPSA) is 41.6 Å². The van der Waals surface area contributed by atoms with Crippen molar-refractivity contribution >= 4 is 5.91 Å². The first kappa shape index (κ1) is 14.9. The quantitative estimate of drug-likeness (QED) is 0.894. The Balaban J connectivity index is 1.96. The summed E-state index contributed by atoms with van der Waals surface area (Å²) < 4.78 is 6.02. The summed E-state index contributed by atoms with van der Waals surface area (Å²) in [5, 5.41) is 3.20. The van der Waals surface area contributed by atoms with E-state index in [-0.39, 0.29) is 11.5 Å². The van der Waals surface area contributed by atoms with Crippen molar-refractivity contribution in [1.29, 1.82) is 0 Å². The molecule has 0 atom stereocenters. The molecule has 0 bridgehead atoms. The lowest BCUT2D eigenvalue weighted by atomic mass is 10.0. The Bertz CT molecular complexity index is 497. The standard InChI is InChI=1S/C16H24N2O2/c1-5-18(4)14(19)11-17-10-13-8-6-7-12-9-16(2,3)20-15(12)13/h6-8,17H,5,9-11H2,1-4H3. The minimum atomic E-state index is -0.128. The van der Waals surface area contributed by atoms with Gasteiger partial charge in [-0.2, -0.15) is 0 Å². The van der Waals surface area contributed by atoms with Crippen LogP contribution in [0.15, 0.2) is 18.2 Å². The van der Waals surface area contributed by atoms with Crippen LogP contribution in [-0.2, 0) is 17.8 Å². The third-order valence-electron chi connectivity index (χ3n) is 3.66. The van der Waals surface area contributed by atoms with Crippen molar-refractivity contribution in [3.8, 4) is 5.75 Å². The zero-order valence-electron chi connectivity index (χ0n) is 12.8. The van der Waals surface area contributed by atoms with Gasteiger partial charge in [0.1, 0.15) is 11.4 Å². The van der Waals surface area contributed by atoms with Gasteiger partial charge in [0.05, 0.1) is 6.54 Å². The molecule has 4 nitrogen and oxygen atoms in total.